The monoisotopic (exact) mass is 305 g/mol. The zero-order valence-corrected chi connectivity index (χ0v) is 12.6. The molecule has 0 aromatic heterocycles. The molecule has 1 aliphatic rings. The number of ketones is 1. The fraction of sp³-hybridized carbons (Fsp3) is 0.438. The molecule has 0 saturated heterocycles. The van der Waals surface area contributed by atoms with Crippen molar-refractivity contribution in [3.63, 3.8) is 0 Å². The van der Waals surface area contributed by atoms with Crippen LogP contribution in [0.4, 0.5) is 4.79 Å². The Bertz CT molecular complexity index is 571. The molecule has 6 heteroatoms. The maximum Gasteiger partial charge on any atom is 0.407 e. The number of Topliss-reactive ketones (excluding diaryl/α,β-unsaturated/α-hetero) is 1. The number of carbonyl (C=O) groups excluding carboxylic acids is 3. The fourth-order valence-corrected chi connectivity index (χ4v) is 3.02. The summed E-state index contributed by atoms with van der Waals surface area (Å²) in [6.45, 7) is 0. The van der Waals surface area contributed by atoms with E-state index in [1.807, 2.05) is 6.07 Å². The minimum atomic E-state index is -1.40. The molecule has 0 aliphatic heterocycles. The second kappa shape index (κ2) is 6.60. The number of benzene rings is 1. The van der Waals surface area contributed by atoms with Crippen molar-refractivity contribution in [2.24, 2.45) is 5.41 Å². The summed E-state index contributed by atoms with van der Waals surface area (Å²) in [7, 11) is 2.48. The molecular formula is C16H19NO5. The summed E-state index contributed by atoms with van der Waals surface area (Å²) in [5, 5.41) is 2.63. The zero-order valence-electron chi connectivity index (χ0n) is 12.6. The third kappa shape index (κ3) is 2.68. The molecule has 22 heavy (non-hydrogen) atoms. The number of nitrogens with one attached hydrogen (secondary N) is 1. The molecule has 118 valence electrons. The van der Waals surface area contributed by atoms with Crippen molar-refractivity contribution < 1.29 is 23.9 Å². The molecule has 0 spiro atoms. The number of carbonyl (C=O) groups is 3. The van der Waals surface area contributed by atoms with Gasteiger partial charge in [-0.05, 0) is 18.4 Å². The number of rotatable bonds is 4. The molecular weight excluding hydrogens is 286 g/mol. The van der Waals surface area contributed by atoms with E-state index in [1.54, 1.807) is 24.3 Å². The van der Waals surface area contributed by atoms with Gasteiger partial charge in [0.25, 0.3) is 0 Å². The van der Waals surface area contributed by atoms with Gasteiger partial charge in [0.1, 0.15) is 0 Å². The first-order valence-corrected chi connectivity index (χ1v) is 7.07. The van der Waals surface area contributed by atoms with E-state index >= 15 is 0 Å². The van der Waals surface area contributed by atoms with Crippen LogP contribution in [0.2, 0.25) is 0 Å². The number of ether oxygens (including phenoxy) is 2. The number of methoxy groups -OCH3 is 2. The molecule has 0 heterocycles. The normalized spacial score (nSPS) is 22.0. The van der Waals surface area contributed by atoms with Crippen LogP contribution in [0.5, 0.6) is 0 Å². The molecule has 0 bridgehead atoms. The van der Waals surface area contributed by atoms with Gasteiger partial charge in [0.05, 0.1) is 20.3 Å². The van der Waals surface area contributed by atoms with Crippen LogP contribution in [0.15, 0.2) is 30.3 Å². The van der Waals surface area contributed by atoms with Crippen molar-refractivity contribution in [3.05, 3.63) is 35.9 Å². The fourth-order valence-electron chi connectivity index (χ4n) is 3.02. The third-order valence-corrected chi connectivity index (χ3v) is 4.10. The number of esters is 1. The topological polar surface area (TPSA) is 81.7 Å². The molecule has 1 amide bonds. The van der Waals surface area contributed by atoms with Crippen LogP contribution in [0.25, 0.3) is 0 Å². The summed E-state index contributed by atoms with van der Waals surface area (Å²) in [6, 6.07) is 8.09. The highest BCUT2D eigenvalue weighted by Crippen LogP contribution is 2.46. The van der Waals surface area contributed by atoms with Crippen LogP contribution < -0.4 is 5.32 Å². The van der Waals surface area contributed by atoms with Crippen molar-refractivity contribution in [1.82, 2.24) is 5.32 Å². The highest BCUT2D eigenvalue weighted by atomic mass is 16.5. The van der Waals surface area contributed by atoms with Gasteiger partial charge in [-0.25, -0.2) is 4.79 Å². The first kappa shape index (κ1) is 16.0. The molecule has 1 aliphatic carbocycles. The molecule has 1 N–H and O–H groups in total. The third-order valence-electron chi connectivity index (χ3n) is 4.10. The lowest BCUT2D eigenvalue weighted by Gasteiger charge is -2.33. The SMILES string of the molecule is COC(=O)N[C@@H](c1ccccc1)[C@]1(C(=O)OC)CCCC1=O. The van der Waals surface area contributed by atoms with E-state index in [0.29, 0.717) is 24.8 Å². The molecule has 0 unspecified atom stereocenters. The number of amides is 1. The lowest BCUT2D eigenvalue weighted by atomic mass is 9.74. The van der Waals surface area contributed by atoms with Crippen molar-refractivity contribution in [1.29, 1.82) is 0 Å². The Balaban J connectivity index is 2.51. The summed E-state index contributed by atoms with van der Waals surface area (Å²) >= 11 is 0. The zero-order chi connectivity index (χ0) is 16.2. The molecule has 1 fully saturated rings. The van der Waals surface area contributed by atoms with Crippen LogP contribution in [0.1, 0.15) is 30.9 Å². The van der Waals surface area contributed by atoms with E-state index in [1.165, 1.54) is 14.2 Å². The summed E-state index contributed by atoms with van der Waals surface area (Å²) in [4.78, 5) is 36.6. The van der Waals surface area contributed by atoms with Crippen LogP contribution in [-0.2, 0) is 19.1 Å². The Morgan fingerprint density at radius 3 is 2.36 bits per heavy atom. The van der Waals surface area contributed by atoms with Crippen molar-refractivity contribution in [2.75, 3.05) is 14.2 Å². The Hall–Kier alpha value is -2.37. The summed E-state index contributed by atoms with van der Waals surface area (Å²) in [6.07, 6.45) is 0.514. The maximum atomic E-state index is 12.5. The molecule has 1 aromatic carbocycles. The van der Waals surface area contributed by atoms with Gasteiger partial charge in [-0.2, -0.15) is 0 Å². The first-order valence-electron chi connectivity index (χ1n) is 7.07. The van der Waals surface area contributed by atoms with Gasteiger partial charge in [-0.15, -0.1) is 0 Å². The summed E-state index contributed by atoms with van der Waals surface area (Å²) in [5.74, 6) is -0.843. The minimum Gasteiger partial charge on any atom is -0.468 e. The Morgan fingerprint density at radius 2 is 1.86 bits per heavy atom. The van der Waals surface area contributed by atoms with Crippen molar-refractivity contribution in [3.8, 4) is 0 Å². The number of hydrogen-bond acceptors (Lipinski definition) is 5. The maximum absolute atomic E-state index is 12.5. The molecule has 2 atom stereocenters. The number of alkyl carbamates (subject to hydrolysis) is 1. The predicted molar refractivity (Wildman–Crippen MR) is 78.0 cm³/mol. The summed E-state index contributed by atoms with van der Waals surface area (Å²) in [5.41, 5.74) is -0.738. The van der Waals surface area contributed by atoms with Gasteiger partial charge >= 0.3 is 12.1 Å². The van der Waals surface area contributed by atoms with Gasteiger partial charge in [0.15, 0.2) is 11.2 Å². The Morgan fingerprint density at radius 1 is 1.18 bits per heavy atom. The van der Waals surface area contributed by atoms with Gasteiger partial charge < -0.3 is 14.8 Å². The standard InChI is InChI=1S/C16H19NO5/c1-21-14(19)16(10-6-9-12(16)18)13(17-15(20)22-2)11-7-4-3-5-8-11/h3-5,7-8,13H,6,9-10H2,1-2H3,(H,17,20)/t13-,16-/m0/s1. The molecule has 1 saturated carbocycles. The second-order valence-corrected chi connectivity index (χ2v) is 5.22. The number of hydrogen-bond donors (Lipinski definition) is 1. The van der Waals surface area contributed by atoms with E-state index in [0.717, 1.165) is 0 Å². The van der Waals surface area contributed by atoms with E-state index in [-0.39, 0.29) is 5.78 Å². The lowest BCUT2D eigenvalue weighted by Crippen LogP contribution is -2.49. The van der Waals surface area contributed by atoms with E-state index in [2.05, 4.69) is 10.1 Å². The van der Waals surface area contributed by atoms with Gasteiger partial charge in [0, 0.05) is 6.42 Å². The molecule has 6 nitrogen and oxygen atoms in total. The van der Waals surface area contributed by atoms with E-state index < -0.39 is 23.5 Å². The largest absolute Gasteiger partial charge is 0.468 e. The van der Waals surface area contributed by atoms with Crippen LogP contribution >= 0.6 is 0 Å². The molecule has 1 aromatic rings. The quantitative estimate of drug-likeness (QED) is 0.679. The van der Waals surface area contributed by atoms with Gasteiger partial charge in [0.2, 0.25) is 0 Å². The summed E-state index contributed by atoms with van der Waals surface area (Å²) < 4.78 is 9.52. The average molecular weight is 305 g/mol. The van der Waals surface area contributed by atoms with E-state index in [9.17, 15) is 14.4 Å². The lowest BCUT2D eigenvalue weighted by molar-refractivity contribution is -0.158. The van der Waals surface area contributed by atoms with Gasteiger partial charge in [-0.3, -0.25) is 9.59 Å². The van der Waals surface area contributed by atoms with Gasteiger partial charge in [-0.1, -0.05) is 30.3 Å². The molecule has 0 radical (unpaired) electrons. The second-order valence-electron chi connectivity index (χ2n) is 5.22. The smallest absolute Gasteiger partial charge is 0.407 e. The van der Waals surface area contributed by atoms with Crippen molar-refractivity contribution >= 4 is 17.8 Å². The van der Waals surface area contributed by atoms with E-state index in [4.69, 9.17) is 4.74 Å². The molecule has 2 rings (SSSR count). The van der Waals surface area contributed by atoms with Crippen molar-refractivity contribution in [2.45, 2.75) is 25.3 Å². The average Bonchev–Trinajstić information content (AvgIpc) is 2.94. The Labute approximate surface area is 128 Å². The Kier molecular flexibility index (Phi) is 4.80. The van der Waals surface area contributed by atoms with Crippen LogP contribution in [-0.4, -0.2) is 32.1 Å². The first-order chi connectivity index (χ1) is 10.6. The highest BCUT2D eigenvalue weighted by molar-refractivity contribution is 6.06. The van der Waals surface area contributed by atoms with Crippen LogP contribution in [0.3, 0.4) is 0 Å². The predicted octanol–water partition coefficient (Wildman–Crippen LogP) is 2.00. The minimum absolute atomic E-state index is 0.218. The van der Waals surface area contributed by atoms with Crippen LogP contribution in [0, 0.1) is 5.41 Å². The highest BCUT2D eigenvalue weighted by Gasteiger charge is 2.56.